The lowest BCUT2D eigenvalue weighted by atomic mass is 10.2. The molecular formula is C15H17N3O2. The van der Waals surface area contributed by atoms with Crippen molar-refractivity contribution in [3.05, 3.63) is 48.3 Å². The van der Waals surface area contributed by atoms with E-state index in [2.05, 4.69) is 15.6 Å². The number of benzene rings is 1. The Hall–Kier alpha value is -2.56. The summed E-state index contributed by atoms with van der Waals surface area (Å²) in [5.41, 5.74) is 1.92. The van der Waals surface area contributed by atoms with Crippen LogP contribution in [0.3, 0.4) is 0 Å². The van der Waals surface area contributed by atoms with Gasteiger partial charge in [0.2, 0.25) is 0 Å². The molecule has 0 bridgehead atoms. The summed E-state index contributed by atoms with van der Waals surface area (Å²) in [5, 5.41) is 5.80. The fourth-order valence-electron chi connectivity index (χ4n) is 1.82. The molecule has 0 aliphatic rings. The van der Waals surface area contributed by atoms with Gasteiger partial charge in [-0.25, -0.2) is 0 Å². The molecular weight excluding hydrogens is 254 g/mol. The number of nitrogens with one attached hydrogen (secondary N) is 2. The van der Waals surface area contributed by atoms with Crippen molar-refractivity contribution in [2.24, 2.45) is 0 Å². The minimum absolute atomic E-state index is 0.212. The van der Waals surface area contributed by atoms with E-state index < -0.39 is 0 Å². The molecule has 104 valence electrons. The predicted molar refractivity (Wildman–Crippen MR) is 79.3 cm³/mol. The molecule has 0 fully saturated rings. The Morgan fingerprint density at radius 2 is 2.20 bits per heavy atom. The van der Waals surface area contributed by atoms with Crippen LogP contribution in [-0.2, 0) is 0 Å². The van der Waals surface area contributed by atoms with Crippen molar-refractivity contribution in [2.45, 2.75) is 6.92 Å². The van der Waals surface area contributed by atoms with E-state index in [-0.39, 0.29) is 5.91 Å². The monoisotopic (exact) mass is 271 g/mol. The Bertz CT molecular complexity index is 599. The van der Waals surface area contributed by atoms with Crippen LogP contribution in [0.1, 0.15) is 17.3 Å². The molecule has 0 saturated heterocycles. The zero-order chi connectivity index (χ0) is 14.4. The Kier molecular flexibility index (Phi) is 4.55. The lowest BCUT2D eigenvalue weighted by Gasteiger charge is -2.10. The number of carbonyl (C=O) groups is 1. The number of rotatable bonds is 5. The average molecular weight is 271 g/mol. The Morgan fingerprint density at radius 3 is 2.95 bits per heavy atom. The van der Waals surface area contributed by atoms with Crippen molar-refractivity contribution in [3.63, 3.8) is 0 Å². The van der Waals surface area contributed by atoms with Crippen molar-refractivity contribution in [1.29, 1.82) is 0 Å². The van der Waals surface area contributed by atoms with Crippen molar-refractivity contribution in [3.8, 4) is 5.75 Å². The molecule has 2 rings (SSSR count). The molecule has 0 atom stereocenters. The third kappa shape index (κ3) is 3.26. The predicted octanol–water partition coefficient (Wildman–Crippen LogP) is 2.77. The molecule has 2 aromatic rings. The van der Waals surface area contributed by atoms with Crippen LogP contribution >= 0.6 is 0 Å². The topological polar surface area (TPSA) is 63.2 Å². The highest BCUT2D eigenvalue weighted by Gasteiger charge is 2.11. The number of anilines is 2. The van der Waals surface area contributed by atoms with Crippen LogP contribution in [0.4, 0.5) is 11.4 Å². The minimum Gasteiger partial charge on any atom is -0.494 e. The van der Waals surface area contributed by atoms with Gasteiger partial charge in [0.15, 0.2) is 0 Å². The molecule has 0 aliphatic heterocycles. The maximum Gasteiger partial charge on any atom is 0.259 e. The molecule has 0 saturated carbocycles. The van der Waals surface area contributed by atoms with Crippen molar-refractivity contribution >= 4 is 17.3 Å². The van der Waals surface area contributed by atoms with Gasteiger partial charge in [0.25, 0.3) is 5.91 Å². The van der Waals surface area contributed by atoms with E-state index in [1.165, 1.54) is 6.20 Å². The van der Waals surface area contributed by atoms with Crippen LogP contribution in [0, 0.1) is 0 Å². The second kappa shape index (κ2) is 6.56. The molecule has 2 N–H and O–H groups in total. The van der Waals surface area contributed by atoms with Gasteiger partial charge in [-0.3, -0.25) is 9.78 Å². The first kappa shape index (κ1) is 13.9. The maximum atomic E-state index is 12.2. The van der Waals surface area contributed by atoms with Crippen LogP contribution < -0.4 is 15.4 Å². The zero-order valence-electron chi connectivity index (χ0n) is 11.5. The first-order valence-corrected chi connectivity index (χ1v) is 6.40. The van der Waals surface area contributed by atoms with Crippen LogP contribution in [-0.4, -0.2) is 24.5 Å². The van der Waals surface area contributed by atoms with Gasteiger partial charge in [0, 0.05) is 36.9 Å². The van der Waals surface area contributed by atoms with Gasteiger partial charge in [0.05, 0.1) is 12.2 Å². The van der Waals surface area contributed by atoms with Gasteiger partial charge < -0.3 is 15.4 Å². The van der Waals surface area contributed by atoms with E-state index in [4.69, 9.17) is 4.74 Å². The van der Waals surface area contributed by atoms with Crippen molar-refractivity contribution in [1.82, 2.24) is 4.98 Å². The molecule has 1 amide bonds. The number of aromatic nitrogens is 1. The van der Waals surface area contributed by atoms with Crippen LogP contribution in [0.5, 0.6) is 5.75 Å². The van der Waals surface area contributed by atoms with Gasteiger partial charge in [-0.15, -0.1) is 0 Å². The fourth-order valence-corrected chi connectivity index (χ4v) is 1.82. The number of hydrogen-bond acceptors (Lipinski definition) is 4. The summed E-state index contributed by atoms with van der Waals surface area (Å²) < 4.78 is 5.40. The second-order valence-corrected chi connectivity index (χ2v) is 4.09. The smallest absolute Gasteiger partial charge is 0.259 e. The largest absolute Gasteiger partial charge is 0.494 e. The van der Waals surface area contributed by atoms with E-state index in [0.29, 0.717) is 17.9 Å². The van der Waals surface area contributed by atoms with E-state index in [1.807, 2.05) is 25.1 Å². The SMILES string of the molecule is CCOc1cccc(NC(=O)c2cnccc2NC)c1. The molecule has 1 aromatic carbocycles. The summed E-state index contributed by atoms with van der Waals surface area (Å²) in [7, 11) is 1.77. The first-order valence-electron chi connectivity index (χ1n) is 6.40. The van der Waals surface area contributed by atoms with Gasteiger partial charge >= 0.3 is 0 Å². The first-order chi connectivity index (χ1) is 9.74. The molecule has 5 nitrogen and oxygen atoms in total. The molecule has 0 spiro atoms. The van der Waals surface area contributed by atoms with Crippen LogP contribution in [0.2, 0.25) is 0 Å². The molecule has 5 heteroatoms. The summed E-state index contributed by atoms with van der Waals surface area (Å²) in [4.78, 5) is 16.2. The molecule has 0 radical (unpaired) electrons. The van der Waals surface area contributed by atoms with Gasteiger partial charge in [0.1, 0.15) is 5.75 Å². The highest BCUT2D eigenvalue weighted by molar-refractivity contribution is 6.07. The van der Waals surface area contributed by atoms with E-state index in [0.717, 1.165) is 11.4 Å². The maximum absolute atomic E-state index is 12.2. The Labute approximate surface area is 118 Å². The number of pyridine rings is 1. The summed E-state index contributed by atoms with van der Waals surface area (Å²) in [6, 6.07) is 9.04. The summed E-state index contributed by atoms with van der Waals surface area (Å²) in [5.74, 6) is 0.515. The molecule has 0 unspecified atom stereocenters. The number of carbonyl (C=O) groups excluding carboxylic acids is 1. The van der Waals surface area contributed by atoms with E-state index in [9.17, 15) is 4.79 Å². The van der Waals surface area contributed by atoms with Crippen molar-refractivity contribution in [2.75, 3.05) is 24.3 Å². The van der Waals surface area contributed by atoms with Crippen LogP contribution in [0.15, 0.2) is 42.7 Å². The highest BCUT2D eigenvalue weighted by Crippen LogP contribution is 2.19. The number of nitrogens with zero attached hydrogens (tertiary/aromatic N) is 1. The molecule has 20 heavy (non-hydrogen) atoms. The standard InChI is InChI=1S/C15H17N3O2/c1-3-20-12-6-4-5-11(9-12)18-15(19)13-10-17-8-7-14(13)16-2/h4-10H,3H2,1-2H3,(H,16,17)(H,18,19). The third-order valence-corrected chi connectivity index (χ3v) is 2.74. The lowest BCUT2D eigenvalue weighted by molar-refractivity contribution is 0.102. The van der Waals surface area contributed by atoms with Gasteiger partial charge in [-0.1, -0.05) is 6.07 Å². The summed E-state index contributed by atoms with van der Waals surface area (Å²) in [6.45, 7) is 2.50. The van der Waals surface area contributed by atoms with E-state index >= 15 is 0 Å². The fraction of sp³-hybridized carbons (Fsp3) is 0.200. The Balaban J connectivity index is 2.17. The molecule has 0 aliphatic carbocycles. The summed E-state index contributed by atoms with van der Waals surface area (Å²) in [6.07, 6.45) is 3.17. The number of hydrogen-bond donors (Lipinski definition) is 2. The average Bonchev–Trinajstić information content (AvgIpc) is 2.48. The Morgan fingerprint density at radius 1 is 1.35 bits per heavy atom. The van der Waals surface area contributed by atoms with Gasteiger partial charge in [-0.05, 0) is 25.1 Å². The van der Waals surface area contributed by atoms with Crippen LogP contribution in [0.25, 0.3) is 0 Å². The second-order valence-electron chi connectivity index (χ2n) is 4.09. The highest BCUT2D eigenvalue weighted by atomic mass is 16.5. The quantitative estimate of drug-likeness (QED) is 0.877. The number of ether oxygens (including phenoxy) is 1. The minimum atomic E-state index is -0.212. The lowest BCUT2D eigenvalue weighted by Crippen LogP contribution is -2.14. The zero-order valence-corrected chi connectivity index (χ0v) is 11.5. The normalized spacial score (nSPS) is 9.90. The number of amides is 1. The third-order valence-electron chi connectivity index (χ3n) is 2.74. The van der Waals surface area contributed by atoms with Crippen molar-refractivity contribution < 1.29 is 9.53 Å². The molecule has 1 aromatic heterocycles. The summed E-state index contributed by atoms with van der Waals surface area (Å²) >= 11 is 0. The van der Waals surface area contributed by atoms with E-state index in [1.54, 1.807) is 25.4 Å². The van der Waals surface area contributed by atoms with Gasteiger partial charge in [-0.2, -0.15) is 0 Å². The molecule has 1 heterocycles.